The highest BCUT2D eigenvalue weighted by molar-refractivity contribution is 5.77. The summed E-state index contributed by atoms with van der Waals surface area (Å²) in [6.07, 6.45) is 0.833. The Morgan fingerprint density at radius 1 is 1.38 bits per heavy atom. The molecule has 0 aromatic heterocycles. The molecule has 2 rings (SSSR count). The maximum absolute atomic E-state index is 11.7. The Balaban J connectivity index is 1.98. The van der Waals surface area contributed by atoms with Crippen LogP contribution in [0.3, 0.4) is 0 Å². The fourth-order valence-electron chi connectivity index (χ4n) is 3.01. The molecule has 116 valence electrons. The van der Waals surface area contributed by atoms with Crippen molar-refractivity contribution in [1.29, 1.82) is 0 Å². The molecule has 1 fully saturated rings. The maximum Gasteiger partial charge on any atom is 0.221 e. The smallest absolute Gasteiger partial charge is 0.221 e. The molecule has 0 unspecified atom stereocenters. The van der Waals surface area contributed by atoms with Crippen molar-refractivity contribution in [2.24, 2.45) is 0 Å². The Bertz CT molecular complexity index is 466. The van der Waals surface area contributed by atoms with Gasteiger partial charge in [-0.3, -0.25) is 4.79 Å². The molecule has 1 saturated heterocycles. The number of aliphatic hydroxyl groups excluding tert-OH is 2. The summed E-state index contributed by atoms with van der Waals surface area (Å²) in [5.74, 6) is -0.129. The van der Waals surface area contributed by atoms with E-state index in [1.165, 1.54) is 5.56 Å². The van der Waals surface area contributed by atoms with Crippen LogP contribution >= 0.6 is 0 Å². The lowest BCUT2D eigenvalue weighted by molar-refractivity contribution is -0.123. The lowest BCUT2D eigenvalue weighted by Crippen LogP contribution is -2.52. The molecule has 3 atom stereocenters. The fourth-order valence-corrected chi connectivity index (χ4v) is 3.01. The molecule has 21 heavy (non-hydrogen) atoms. The molecule has 1 aromatic rings. The Labute approximate surface area is 125 Å². The van der Waals surface area contributed by atoms with E-state index in [0.717, 1.165) is 12.8 Å². The van der Waals surface area contributed by atoms with Gasteiger partial charge in [-0.05, 0) is 24.8 Å². The molecule has 4 N–H and O–H groups in total. The van der Waals surface area contributed by atoms with Gasteiger partial charge < -0.3 is 20.8 Å². The van der Waals surface area contributed by atoms with E-state index in [2.05, 4.69) is 22.8 Å². The van der Waals surface area contributed by atoms with Crippen molar-refractivity contribution < 1.29 is 15.0 Å². The summed E-state index contributed by atoms with van der Waals surface area (Å²) >= 11 is 0. The van der Waals surface area contributed by atoms with Crippen LogP contribution in [0.15, 0.2) is 30.3 Å². The molecule has 5 heteroatoms. The first-order chi connectivity index (χ1) is 10.1. The highest BCUT2D eigenvalue weighted by atomic mass is 16.3. The van der Waals surface area contributed by atoms with E-state index < -0.39 is 17.7 Å². The number of β-amino-alcohol motifs (C(OH)–C–C–N with tert-alkyl or cyclic N) is 1. The molecule has 0 saturated carbocycles. The average Bonchev–Trinajstić information content (AvgIpc) is 2.77. The quantitative estimate of drug-likeness (QED) is 0.604. The molecule has 1 heterocycles. The summed E-state index contributed by atoms with van der Waals surface area (Å²) < 4.78 is 0. The molecule has 5 nitrogen and oxygen atoms in total. The van der Waals surface area contributed by atoms with Crippen LogP contribution in [0.2, 0.25) is 0 Å². The zero-order valence-corrected chi connectivity index (χ0v) is 12.4. The Kier molecular flexibility index (Phi) is 5.33. The second-order valence-corrected chi connectivity index (χ2v) is 5.74. The molecule has 1 amide bonds. The topological polar surface area (TPSA) is 81.6 Å². The van der Waals surface area contributed by atoms with Crippen molar-refractivity contribution in [2.45, 2.75) is 43.4 Å². The first-order valence-corrected chi connectivity index (χ1v) is 7.43. The van der Waals surface area contributed by atoms with Crippen LogP contribution in [0.1, 0.15) is 24.8 Å². The SMILES string of the molecule is CNC(=O)C[C@@]1(CCCc2ccccc2)NC[C@@H](O)[C@@H]1O. The zero-order chi connectivity index (χ0) is 15.3. The van der Waals surface area contributed by atoms with E-state index in [4.69, 9.17) is 0 Å². The summed E-state index contributed by atoms with van der Waals surface area (Å²) in [6.45, 7) is 0.323. The van der Waals surface area contributed by atoms with Crippen LogP contribution in [-0.2, 0) is 11.2 Å². The van der Waals surface area contributed by atoms with Crippen molar-refractivity contribution in [3.8, 4) is 0 Å². The van der Waals surface area contributed by atoms with E-state index in [9.17, 15) is 15.0 Å². The van der Waals surface area contributed by atoms with E-state index in [1.54, 1.807) is 7.05 Å². The minimum atomic E-state index is -0.912. The predicted octanol–water partition coefficient (Wildman–Crippen LogP) is 0.209. The third-order valence-corrected chi connectivity index (χ3v) is 4.28. The molecule has 0 aliphatic carbocycles. The third kappa shape index (κ3) is 3.81. The van der Waals surface area contributed by atoms with Crippen LogP contribution in [0.5, 0.6) is 0 Å². The second-order valence-electron chi connectivity index (χ2n) is 5.74. The van der Waals surface area contributed by atoms with Gasteiger partial charge in [0.1, 0.15) is 0 Å². The first-order valence-electron chi connectivity index (χ1n) is 7.43. The molecule has 0 bridgehead atoms. The van der Waals surface area contributed by atoms with Gasteiger partial charge in [-0.2, -0.15) is 0 Å². The third-order valence-electron chi connectivity index (χ3n) is 4.28. The lowest BCUT2D eigenvalue weighted by atomic mass is 9.83. The van der Waals surface area contributed by atoms with Crippen molar-refractivity contribution in [3.63, 3.8) is 0 Å². The number of carbonyl (C=O) groups excluding carboxylic acids is 1. The molecular weight excluding hydrogens is 268 g/mol. The predicted molar refractivity (Wildman–Crippen MR) is 80.8 cm³/mol. The minimum Gasteiger partial charge on any atom is -0.389 e. The van der Waals surface area contributed by atoms with Gasteiger partial charge in [0.2, 0.25) is 5.91 Å². The highest BCUT2D eigenvalue weighted by Gasteiger charge is 2.47. The summed E-state index contributed by atoms with van der Waals surface area (Å²) in [5, 5.41) is 25.8. The molecule has 1 aliphatic rings. The number of amides is 1. The summed E-state index contributed by atoms with van der Waals surface area (Å²) in [4.78, 5) is 11.7. The molecule has 0 radical (unpaired) electrons. The monoisotopic (exact) mass is 292 g/mol. The van der Waals surface area contributed by atoms with Gasteiger partial charge in [-0.1, -0.05) is 30.3 Å². The minimum absolute atomic E-state index is 0.129. The maximum atomic E-state index is 11.7. The van der Waals surface area contributed by atoms with Crippen LogP contribution < -0.4 is 10.6 Å². The number of rotatable bonds is 6. The number of benzene rings is 1. The molecule has 1 aliphatic heterocycles. The van der Waals surface area contributed by atoms with Crippen LogP contribution in [0.25, 0.3) is 0 Å². The van der Waals surface area contributed by atoms with Gasteiger partial charge in [-0.15, -0.1) is 0 Å². The Morgan fingerprint density at radius 2 is 2.10 bits per heavy atom. The van der Waals surface area contributed by atoms with Crippen LogP contribution in [0, 0.1) is 0 Å². The number of carbonyl (C=O) groups is 1. The lowest BCUT2D eigenvalue weighted by Gasteiger charge is -2.33. The second kappa shape index (κ2) is 7.02. The van der Waals surface area contributed by atoms with Crippen LogP contribution in [0.4, 0.5) is 0 Å². The fraction of sp³-hybridized carbons (Fsp3) is 0.562. The van der Waals surface area contributed by atoms with Crippen molar-refractivity contribution in [2.75, 3.05) is 13.6 Å². The van der Waals surface area contributed by atoms with Gasteiger partial charge in [0.25, 0.3) is 0 Å². The normalized spacial score (nSPS) is 28.5. The first kappa shape index (κ1) is 15.9. The van der Waals surface area contributed by atoms with Crippen molar-refractivity contribution in [1.82, 2.24) is 10.6 Å². The molecule has 1 aromatic carbocycles. The van der Waals surface area contributed by atoms with E-state index in [-0.39, 0.29) is 12.3 Å². The van der Waals surface area contributed by atoms with E-state index >= 15 is 0 Å². The number of aliphatic hydroxyl groups is 2. The standard InChI is InChI=1S/C16H24N2O3/c1-17-14(20)10-16(15(21)13(19)11-18-16)9-5-8-12-6-3-2-4-7-12/h2-4,6-7,13,15,18-19,21H,5,8-11H2,1H3,(H,17,20)/t13-,15+,16-/m1/s1. The summed E-state index contributed by atoms with van der Waals surface area (Å²) in [7, 11) is 1.58. The zero-order valence-electron chi connectivity index (χ0n) is 12.4. The number of aryl methyl sites for hydroxylation is 1. The Hall–Kier alpha value is -1.43. The van der Waals surface area contributed by atoms with Crippen LogP contribution in [-0.4, -0.2) is 47.5 Å². The van der Waals surface area contributed by atoms with E-state index in [0.29, 0.717) is 13.0 Å². The van der Waals surface area contributed by atoms with E-state index in [1.807, 2.05) is 18.2 Å². The highest BCUT2D eigenvalue weighted by Crippen LogP contribution is 2.29. The number of hydrogen-bond donors (Lipinski definition) is 4. The van der Waals surface area contributed by atoms with Gasteiger partial charge >= 0.3 is 0 Å². The molecular formula is C16H24N2O3. The van der Waals surface area contributed by atoms with Gasteiger partial charge in [-0.25, -0.2) is 0 Å². The Morgan fingerprint density at radius 3 is 2.67 bits per heavy atom. The van der Waals surface area contributed by atoms with Crippen molar-refractivity contribution in [3.05, 3.63) is 35.9 Å². The van der Waals surface area contributed by atoms with Crippen molar-refractivity contribution >= 4 is 5.91 Å². The number of hydrogen-bond acceptors (Lipinski definition) is 4. The van der Waals surface area contributed by atoms with Gasteiger partial charge in [0.15, 0.2) is 0 Å². The summed E-state index contributed by atoms with van der Waals surface area (Å²) in [6, 6.07) is 10.1. The number of nitrogens with one attached hydrogen (secondary N) is 2. The molecule has 0 spiro atoms. The average molecular weight is 292 g/mol. The summed E-state index contributed by atoms with van der Waals surface area (Å²) in [5.41, 5.74) is 0.509. The largest absolute Gasteiger partial charge is 0.389 e. The van der Waals surface area contributed by atoms with Gasteiger partial charge in [0.05, 0.1) is 17.7 Å². The van der Waals surface area contributed by atoms with Gasteiger partial charge in [0, 0.05) is 20.0 Å².